The van der Waals surface area contributed by atoms with E-state index in [1.807, 2.05) is 0 Å². The van der Waals surface area contributed by atoms with Gasteiger partial charge in [0.2, 0.25) is 5.71 Å². The molecule has 1 aliphatic rings. The molecule has 0 atom stereocenters. The van der Waals surface area contributed by atoms with E-state index in [0.717, 1.165) is 19.3 Å². The first kappa shape index (κ1) is 14.6. The number of amides is 1. The third-order valence-electron chi connectivity index (χ3n) is 4.01. The Morgan fingerprint density at radius 1 is 1.45 bits per heavy atom. The zero-order valence-electron chi connectivity index (χ0n) is 12.6. The van der Waals surface area contributed by atoms with Crippen LogP contribution in [-0.2, 0) is 0 Å². The van der Waals surface area contributed by atoms with E-state index in [1.165, 1.54) is 24.7 Å². The van der Waals surface area contributed by atoms with Gasteiger partial charge in [-0.3, -0.25) is 9.59 Å². The van der Waals surface area contributed by atoms with E-state index in [4.69, 9.17) is 4.42 Å². The minimum atomic E-state index is -0.359. The van der Waals surface area contributed by atoms with Crippen LogP contribution >= 0.6 is 0 Å². The summed E-state index contributed by atoms with van der Waals surface area (Å²) < 4.78 is 5.39. The highest BCUT2D eigenvalue weighted by Gasteiger charge is 2.21. The second-order valence-electron chi connectivity index (χ2n) is 5.56. The summed E-state index contributed by atoms with van der Waals surface area (Å²) in [6, 6.07) is 0. The highest BCUT2D eigenvalue weighted by Crippen LogP contribution is 2.21. The van der Waals surface area contributed by atoms with E-state index in [-0.39, 0.29) is 28.1 Å². The smallest absolute Gasteiger partial charge is 0.262 e. The lowest BCUT2D eigenvalue weighted by Gasteiger charge is -2.12. The second kappa shape index (κ2) is 6.17. The predicted molar refractivity (Wildman–Crippen MR) is 82.9 cm³/mol. The summed E-state index contributed by atoms with van der Waals surface area (Å²) in [6.45, 7) is 2.23. The molecule has 0 spiro atoms. The van der Waals surface area contributed by atoms with Gasteiger partial charge in [-0.25, -0.2) is 4.98 Å². The Balaban J connectivity index is 1.74. The Labute approximate surface area is 127 Å². The van der Waals surface area contributed by atoms with Gasteiger partial charge in [0.05, 0.1) is 11.9 Å². The van der Waals surface area contributed by atoms with Gasteiger partial charge in [-0.2, -0.15) is 0 Å². The SMILES string of the molecule is Cc1oc2nc[nH]c(=O)c2c1C(=O)NCCC1=CCCCC1. The molecule has 116 valence electrons. The molecule has 0 radical (unpaired) electrons. The van der Waals surface area contributed by atoms with Crippen molar-refractivity contribution in [3.63, 3.8) is 0 Å². The quantitative estimate of drug-likeness (QED) is 0.849. The number of carbonyl (C=O) groups excluding carboxylic acids is 1. The Morgan fingerprint density at radius 2 is 2.32 bits per heavy atom. The Kier molecular flexibility index (Phi) is 4.09. The van der Waals surface area contributed by atoms with Crippen LogP contribution in [0.3, 0.4) is 0 Å². The summed E-state index contributed by atoms with van der Waals surface area (Å²) in [5.41, 5.74) is 1.52. The van der Waals surface area contributed by atoms with Crippen LogP contribution in [0.1, 0.15) is 48.2 Å². The monoisotopic (exact) mass is 301 g/mol. The molecule has 2 aromatic heterocycles. The molecule has 0 bridgehead atoms. The van der Waals surface area contributed by atoms with E-state index >= 15 is 0 Å². The average molecular weight is 301 g/mol. The molecular weight excluding hydrogens is 282 g/mol. The van der Waals surface area contributed by atoms with E-state index in [9.17, 15) is 9.59 Å². The fourth-order valence-corrected chi connectivity index (χ4v) is 2.88. The van der Waals surface area contributed by atoms with Crippen LogP contribution in [0.4, 0.5) is 0 Å². The highest BCUT2D eigenvalue weighted by molar-refractivity contribution is 6.06. The molecule has 3 rings (SSSR count). The molecule has 1 aliphatic carbocycles. The van der Waals surface area contributed by atoms with Gasteiger partial charge >= 0.3 is 0 Å². The number of hydrogen-bond donors (Lipinski definition) is 2. The summed E-state index contributed by atoms with van der Waals surface area (Å²) in [7, 11) is 0. The number of hydrogen-bond acceptors (Lipinski definition) is 4. The van der Waals surface area contributed by atoms with E-state index in [1.54, 1.807) is 6.92 Å². The highest BCUT2D eigenvalue weighted by atomic mass is 16.3. The van der Waals surface area contributed by atoms with E-state index in [0.29, 0.717) is 12.3 Å². The van der Waals surface area contributed by atoms with Crippen LogP contribution in [0.2, 0.25) is 0 Å². The molecule has 1 amide bonds. The molecule has 0 aromatic carbocycles. The van der Waals surface area contributed by atoms with Crippen molar-refractivity contribution in [1.82, 2.24) is 15.3 Å². The Bertz CT molecular complexity index is 786. The van der Waals surface area contributed by atoms with Crippen LogP contribution in [0.5, 0.6) is 0 Å². The number of nitrogens with one attached hydrogen (secondary N) is 2. The van der Waals surface area contributed by atoms with Gasteiger partial charge in [-0.15, -0.1) is 0 Å². The molecule has 2 aromatic rings. The number of fused-ring (bicyclic) bond motifs is 1. The lowest BCUT2D eigenvalue weighted by Crippen LogP contribution is -2.26. The van der Waals surface area contributed by atoms with Crippen molar-refractivity contribution in [3.8, 4) is 0 Å². The van der Waals surface area contributed by atoms with Crippen LogP contribution < -0.4 is 10.9 Å². The summed E-state index contributed by atoms with van der Waals surface area (Å²) in [4.78, 5) is 30.7. The van der Waals surface area contributed by atoms with E-state index < -0.39 is 0 Å². The fraction of sp³-hybridized carbons (Fsp3) is 0.438. The number of aryl methyl sites for hydroxylation is 1. The van der Waals surface area contributed by atoms with Crippen molar-refractivity contribution in [1.29, 1.82) is 0 Å². The zero-order chi connectivity index (χ0) is 15.5. The molecular formula is C16H19N3O3. The standard InChI is InChI=1S/C16H19N3O3/c1-10-12(13-15(21)18-9-19-16(13)22-10)14(20)17-8-7-11-5-3-2-4-6-11/h5,9H,2-4,6-8H2,1H3,(H,17,20)(H,18,19,21). The molecule has 0 saturated carbocycles. The van der Waals surface area contributed by atoms with Crippen molar-refractivity contribution in [2.45, 2.75) is 39.0 Å². The zero-order valence-corrected chi connectivity index (χ0v) is 12.6. The lowest BCUT2D eigenvalue weighted by atomic mass is 9.97. The van der Waals surface area contributed by atoms with Crippen molar-refractivity contribution < 1.29 is 9.21 Å². The predicted octanol–water partition coefficient (Wildman–Crippen LogP) is 2.44. The number of aromatic amines is 1. The largest absolute Gasteiger partial charge is 0.442 e. The number of H-pyrrole nitrogens is 1. The molecule has 6 nitrogen and oxygen atoms in total. The van der Waals surface area contributed by atoms with Crippen LogP contribution in [0.25, 0.3) is 11.1 Å². The maximum atomic E-state index is 12.4. The fourth-order valence-electron chi connectivity index (χ4n) is 2.88. The minimum absolute atomic E-state index is 0.196. The summed E-state index contributed by atoms with van der Waals surface area (Å²) in [5, 5.41) is 3.09. The molecule has 6 heteroatoms. The summed E-state index contributed by atoms with van der Waals surface area (Å²) >= 11 is 0. The molecule has 0 fully saturated rings. The normalized spacial score (nSPS) is 14.9. The molecule has 2 heterocycles. The van der Waals surface area contributed by atoms with Gasteiger partial charge in [-0.05, 0) is 39.0 Å². The number of rotatable bonds is 4. The molecule has 22 heavy (non-hydrogen) atoms. The van der Waals surface area contributed by atoms with Crippen molar-refractivity contribution in [3.05, 3.63) is 39.7 Å². The molecule has 0 unspecified atom stereocenters. The van der Waals surface area contributed by atoms with Crippen LogP contribution in [0, 0.1) is 6.92 Å². The number of carbonyl (C=O) groups is 1. The van der Waals surface area contributed by atoms with Gasteiger partial charge in [0.1, 0.15) is 11.1 Å². The van der Waals surface area contributed by atoms with Crippen molar-refractivity contribution in [2.75, 3.05) is 6.54 Å². The third kappa shape index (κ3) is 2.81. The topological polar surface area (TPSA) is 88.0 Å². The van der Waals surface area contributed by atoms with Crippen molar-refractivity contribution >= 4 is 17.0 Å². The van der Waals surface area contributed by atoms with E-state index in [2.05, 4.69) is 21.4 Å². The first-order valence-corrected chi connectivity index (χ1v) is 7.59. The average Bonchev–Trinajstić information content (AvgIpc) is 2.86. The number of aromatic nitrogens is 2. The van der Waals surface area contributed by atoms with Gasteiger partial charge in [0.25, 0.3) is 11.5 Å². The first-order chi connectivity index (χ1) is 10.7. The lowest BCUT2D eigenvalue weighted by molar-refractivity contribution is 0.0954. The van der Waals surface area contributed by atoms with Gasteiger partial charge < -0.3 is 14.7 Å². The first-order valence-electron chi connectivity index (χ1n) is 7.59. The van der Waals surface area contributed by atoms with Gasteiger partial charge in [0, 0.05) is 6.54 Å². The third-order valence-corrected chi connectivity index (χ3v) is 4.01. The Morgan fingerprint density at radius 3 is 3.09 bits per heavy atom. The number of allylic oxidation sites excluding steroid dienone is 1. The van der Waals surface area contributed by atoms with Crippen molar-refractivity contribution in [2.24, 2.45) is 0 Å². The molecule has 2 N–H and O–H groups in total. The van der Waals surface area contributed by atoms with Crippen LogP contribution in [-0.4, -0.2) is 22.4 Å². The number of nitrogens with zero attached hydrogens (tertiary/aromatic N) is 1. The second-order valence-corrected chi connectivity index (χ2v) is 5.56. The minimum Gasteiger partial charge on any atom is -0.442 e. The summed E-state index contributed by atoms with van der Waals surface area (Å²) in [6.07, 6.45) is 9.13. The Hall–Kier alpha value is -2.37. The molecule has 0 saturated heterocycles. The maximum Gasteiger partial charge on any atom is 0.262 e. The summed E-state index contributed by atoms with van der Waals surface area (Å²) in [5.74, 6) is 0.125. The van der Waals surface area contributed by atoms with Crippen LogP contribution in [0.15, 0.2) is 27.2 Å². The number of furan rings is 1. The van der Waals surface area contributed by atoms with Gasteiger partial charge in [-0.1, -0.05) is 11.6 Å². The van der Waals surface area contributed by atoms with Gasteiger partial charge in [0.15, 0.2) is 0 Å². The molecule has 0 aliphatic heterocycles. The maximum absolute atomic E-state index is 12.4.